The van der Waals surface area contributed by atoms with Crippen molar-refractivity contribution in [3.63, 3.8) is 0 Å². The molecule has 1 aromatic rings. The van der Waals surface area contributed by atoms with E-state index >= 15 is 0 Å². The molecule has 2 unspecified atom stereocenters. The summed E-state index contributed by atoms with van der Waals surface area (Å²) in [5.41, 5.74) is 2.27. The smallest absolute Gasteiger partial charge is 0.0572 e. The minimum absolute atomic E-state index is 0.292. The zero-order valence-corrected chi connectivity index (χ0v) is 12.7. The topological polar surface area (TPSA) is 48.4 Å². The van der Waals surface area contributed by atoms with Gasteiger partial charge in [0, 0.05) is 25.7 Å². The molecule has 2 atom stereocenters. The quantitative estimate of drug-likeness (QED) is 0.838. The summed E-state index contributed by atoms with van der Waals surface area (Å²) in [5, 5.41) is 12.8. The molecule has 112 valence electrons. The Morgan fingerprint density at radius 1 is 1.50 bits per heavy atom. The highest BCUT2D eigenvalue weighted by Gasteiger charge is 2.19. The second-order valence-corrected chi connectivity index (χ2v) is 5.75. The van der Waals surface area contributed by atoms with Gasteiger partial charge in [0.05, 0.1) is 17.6 Å². The largest absolute Gasteiger partial charge is 0.396 e. The standard InChI is InChI=1S/C16H27N3O/c1-3-8-17-13(2)16-7-6-15(10-18-16)19-9-4-5-14(11-19)12-20/h6-7,10,13-14,17,20H,3-5,8-9,11-12H2,1-2H3. The summed E-state index contributed by atoms with van der Waals surface area (Å²) < 4.78 is 0. The first-order valence-corrected chi connectivity index (χ1v) is 7.79. The summed E-state index contributed by atoms with van der Waals surface area (Å²) >= 11 is 0. The van der Waals surface area contributed by atoms with Gasteiger partial charge in [0.15, 0.2) is 0 Å². The Morgan fingerprint density at radius 3 is 3.00 bits per heavy atom. The molecule has 20 heavy (non-hydrogen) atoms. The van der Waals surface area contributed by atoms with Crippen molar-refractivity contribution in [3.8, 4) is 0 Å². The van der Waals surface area contributed by atoms with E-state index < -0.39 is 0 Å². The van der Waals surface area contributed by atoms with E-state index in [0.29, 0.717) is 18.6 Å². The summed E-state index contributed by atoms with van der Waals surface area (Å²) in [5.74, 6) is 0.411. The third-order valence-corrected chi connectivity index (χ3v) is 4.06. The molecule has 0 radical (unpaired) electrons. The zero-order valence-electron chi connectivity index (χ0n) is 12.7. The molecule has 2 rings (SSSR count). The lowest BCUT2D eigenvalue weighted by molar-refractivity contribution is 0.208. The van der Waals surface area contributed by atoms with Crippen LogP contribution in [0, 0.1) is 5.92 Å². The Hall–Kier alpha value is -1.13. The molecule has 2 heterocycles. The lowest BCUT2D eigenvalue weighted by Gasteiger charge is -2.33. The van der Waals surface area contributed by atoms with Crippen LogP contribution in [0.2, 0.25) is 0 Å². The van der Waals surface area contributed by atoms with Crippen molar-refractivity contribution in [2.75, 3.05) is 31.1 Å². The molecule has 1 fully saturated rings. The molecular weight excluding hydrogens is 250 g/mol. The molecule has 0 aliphatic carbocycles. The van der Waals surface area contributed by atoms with Crippen LogP contribution in [0.4, 0.5) is 5.69 Å². The molecule has 1 saturated heterocycles. The minimum atomic E-state index is 0.292. The molecule has 4 nitrogen and oxygen atoms in total. The molecule has 0 aromatic carbocycles. The molecule has 0 saturated carbocycles. The predicted molar refractivity (Wildman–Crippen MR) is 83.0 cm³/mol. The van der Waals surface area contributed by atoms with Gasteiger partial charge in [-0.3, -0.25) is 4.98 Å². The van der Waals surface area contributed by atoms with Gasteiger partial charge in [0.2, 0.25) is 0 Å². The van der Waals surface area contributed by atoms with E-state index in [1.54, 1.807) is 0 Å². The van der Waals surface area contributed by atoms with E-state index in [-0.39, 0.29) is 0 Å². The number of nitrogens with zero attached hydrogens (tertiary/aromatic N) is 2. The van der Waals surface area contributed by atoms with Gasteiger partial charge in [0.25, 0.3) is 0 Å². The maximum absolute atomic E-state index is 9.30. The van der Waals surface area contributed by atoms with Crippen molar-refractivity contribution < 1.29 is 5.11 Å². The molecule has 2 N–H and O–H groups in total. The maximum atomic E-state index is 9.30. The van der Waals surface area contributed by atoms with Gasteiger partial charge < -0.3 is 15.3 Å². The SMILES string of the molecule is CCCNC(C)c1ccc(N2CCCC(CO)C2)cn1. The van der Waals surface area contributed by atoms with Crippen molar-refractivity contribution >= 4 is 5.69 Å². The highest BCUT2D eigenvalue weighted by molar-refractivity contribution is 5.45. The summed E-state index contributed by atoms with van der Waals surface area (Å²) in [6.07, 6.45) is 5.40. The van der Waals surface area contributed by atoms with E-state index in [1.165, 1.54) is 5.69 Å². The molecule has 1 aliphatic rings. The van der Waals surface area contributed by atoms with Crippen LogP contribution in [0.3, 0.4) is 0 Å². The van der Waals surface area contributed by atoms with Crippen LogP contribution in [-0.4, -0.2) is 36.3 Å². The summed E-state index contributed by atoms with van der Waals surface area (Å²) in [4.78, 5) is 6.93. The average Bonchev–Trinajstić information content (AvgIpc) is 2.52. The van der Waals surface area contributed by atoms with Crippen molar-refractivity contribution in [3.05, 3.63) is 24.0 Å². The van der Waals surface area contributed by atoms with Gasteiger partial charge in [-0.1, -0.05) is 6.92 Å². The van der Waals surface area contributed by atoms with Crippen LogP contribution in [0.5, 0.6) is 0 Å². The van der Waals surface area contributed by atoms with E-state index in [0.717, 1.165) is 44.6 Å². The van der Waals surface area contributed by atoms with Crippen molar-refractivity contribution in [1.82, 2.24) is 10.3 Å². The third kappa shape index (κ3) is 3.93. The molecule has 4 heteroatoms. The van der Waals surface area contributed by atoms with Crippen LogP contribution >= 0.6 is 0 Å². The second kappa shape index (κ2) is 7.60. The number of anilines is 1. The van der Waals surface area contributed by atoms with Crippen molar-refractivity contribution in [2.45, 2.75) is 39.2 Å². The van der Waals surface area contributed by atoms with Gasteiger partial charge >= 0.3 is 0 Å². The number of hydrogen-bond acceptors (Lipinski definition) is 4. The van der Waals surface area contributed by atoms with Gasteiger partial charge in [-0.25, -0.2) is 0 Å². The summed E-state index contributed by atoms with van der Waals surface area (Å²) in [7, 11) is 0. The molecule has 1 aliphatic heterocycles. The Morgan fingerprint density at radius 2 is 2.35 bits per heavy atom. The number of aliphatic hydroxyl groups is 1. The molecule has 0 spiro atoms. The molecule has 1 aromatic heterocycles. The number of hydrogen-bond donors (Lipinski definition) is 2. The first-order chi connectivity index (χ1) is 9.74. The van der Waals surface area contributed by atoms with Gasteiger partial charge in [0.1, 0.15) is 0 Å². The Bertz CT molecular complexity index is 393. The van der Waals surface area contributed by atoms with Crippen molar-refractivity contribution in [1.29, 1.82) is 0 Å². The highest BCUT2D eigenvalue weighted by Crippen LogP contribution is 2.23. The van der Waals surface area contributed by atoms with Crippen LogP contribution in [0.15, 0.2) is 18.3 Å². The monoisotopic (exact) mass is 277 g/mol. The molecule has 0 amide bonds. The average molecular weight is 277 g/mol. The Kier molecular flexibility index (Phi) is 5.80. The van der Waals surface area contributed by atoms with Crippen LogP contribution in [0.25, 0.3) is 0 Å². The summed E-state index contributed by atoms with van der Waals surface area (Å²) in [6.45, 7) is 7.65. The summed E-state index contributed by atoms with van der Waals surface area (Å²) in [6, 6.07) is 4.58. The zero-order chi connectivity index (χ0) is 14.4. The van der Waals surface area contributed by atoms with Crippen LogP contribution in [0.1, 0.15) is 44.8 Å². The van der Waals surface area contributed by atoms with Gasteiger partial charge in [-0.15, -0.1) is 0 Å². The van der Waals surface area contributed by atoms with E-state index in [1.807, 2.05) is 6.20 Å². The number of rotatable bonds is 6. The maximum Gasteiger partial charge on any atom is 0.0572 e. The lowest BCUT2D eigenvalue weighted by atomic mass is 9.99. The number of aromatic nitrogens is 1. The van der Waals surface area contributed by atoms with Crippen LogP contribution in [-0.2, 0) is 0 Å². The fourth-order valence-corrected chi connectivity index (χ4v) is 2.75. The first kappa shape index (κ1) is 15.3. The van der Waals surface area contributed by atoms with E-state index in [2.05, 4.69) is 41.2 Å². The fraction of sp³-hybridized carbons (Fsp3) is 0.688. The van der Waals surface area contributed by atoms with Gasteiger partial charge in [-0.05, 0) is 50.8 Å². The number of piperidine rings is 1. The highest BCUT2D eigenvalue weighted by atomic mass is 16.3. The number of pyridine rings is 1. The van der Waals surface area contributed by atoms with E-state index in [4.69, 9.17) is 0 Å². The lowest BCUT2D eigenvalue weighted by Crippen LogP contribution is -2.36. The van der Waals surface area contributed by atoms with E-state index in [9.17, 15) is 5.11 Å². The number of nitrogens with one attached hydrogen (secondary N) is 1. The first-order valence-electron chi connectivity index (χ1n) is 7.79. The fourth-order valence-electron chi connectivity index (χ4n) is 2.75. The van der Waals surface area contributed by atoms with Crippen molar-refractivity contribution in [2.24, 2.45) is 5.92 Å². The Balaban J connectivity index is 1.97. The Labute approximate surface area is 122 Å². The third-order valence-electron chi connectivity index (χ3n) is 4.06. The molecular formula is C16H27N3O. The molecule has 0 bridgehead atoms. The van der Waals surface area contributed by atoms with Gasteiger partial charge in [-0.2, -0.15) is 0 Å². The second-order valence-electron chi connectivity index (χ2n) is 5.75. The number of aliphatic hydroxyl groups excluding tert-OH is 1. The minimum Gasteiger partial charge on any atom is -0.396 e. The normalized spacial score (nSPS) is 20.9. The predicted octanol–water partition coefficient (Wildman–Crippen LogP) is 2.35. The van der Waals surface area contributed by atoms with Crippen LogP contribution < -0.4 is 10.2 Å².